The van der Waals surface area contributed by atoms with E-state index in [1.54, 1.807) is 30.6 Å². The van der Waals surface area contributed by atoms with Crippen molar-refractivity contribution in [3.8, 4) is 0 Å². The van der Waals surface area contributed by atoms with Gasteiger partial charge in [0.2, 0.25) is 0 Å². The second-order valence-electron chi connectivity index (χ2n) is 5.68. The number of hydrogen-bond acceptors (Lipinski definition) is 3. The van der Waals surface area contributed by atoms with Crippen molar-refractivity contribution in [2.75, 3.05) is 5.32 Å². The summed E-state index contributed by atoms with van der Waals surface area (Å²) < 4.78 is 1.49. The number of pyridine rings is 2. The maximum absolute atomic E-state index is 12.4. The summed E-state index contributed by atoms with van der Waals surface area (Å²) in [7, 11) is 0. The number of aryl methyl sites for hydroxylation is 1. The van der Waals surface area contributed by atoms with E-state index in [-0.39, 0.29) is 11.5 Å². The van der Waals surface area contributed by atoms with Crippen LogP contribution in [0.2, 0.25) is 5.02 Å². The summed E-state index contributed by atoms with van der Waals surface area (Å²) in [6.45, 7) is 2.28. The first-order chi connectivity index (χ1) is 12.0. The standard InChI is InChI=1S/C19H16ClN3O2/c1-13-8-9-21-17(10-13)22-19(25)15-4-7-18(24)23(12-15)11-14-2-5-16(20)6-3-14/h2-10,12H,11H2,1H3,(H,21,22,25). The minimum absolute atomic E-state index is 0.180. The molecule has 3 rings (SSSR count). The third-order valence-electron chi connectivity index (χ3n) is 3.67. The summed E-state index contributed by atoms with van der Waals surface area (Å²) in [5, 5.41) is 3.37. The molecule has 0 saturated heterocycles. The largest absolute Gasteiger partial charge is 0.310 e. The lowest BCUT2D eigenvalue weighted by molar-refractivity contribution is 0.102. The smallest absolute Gasteiger partial charge is 0.258 e. The molecule has 0 saturated carbocycles. The van der Waals surface area contributed by atoms with Gasteiger partial charge >= 0.3 is 0 Å². The van der Waals surface area contributed by atoms with Gasteiger partial charge in [0.15, 0.2) is 0 Å². The summed E-state index contributed by atoms with van der Waals surface area (Å²) in [6, 6.07) is 13.7. The van der Waals surface area contributed by atoms with E-state index < -0.39 is 0 Å². The van der Waals surface area contributed by atoms with E-state index in [1.807, 2.05) is 25.1 Å². The first kappa shape index (κ1) is 16.9. The van der Waals surface area contributed by atoms with Gasteiger partial charge in [0.25, 0.3) is 11.5 Å². The maximum Gasteiger partial charge on any atom is 0.258 e. The molecule has 2 heterocycles. The molecule has 0 radical (unpaired) electrons. The maximum atomic E-state index is 12.4. The lowest BCUT2D eigenvalue weighted by atomic mass is 10.2. The van der Waals surface area contributed by atoms with Crippen LogP contribution in [0, 0.1) is 6.92 Å². The van der Waals surface area contributed by atoms with E-state index in [4.69, 9.17) is 11.6 Å². The Morgan fingerprint density at radius 2 is 1.92 bits per heavy atom. The first-order valence-corrected chi connectivity index (χ1v) is 8.08. The van der Waals surface area contributed by atoms with Crippen molar-refractivity contribution >= 4 is 23.3 Å². The van der Waals surface area contributed by atoms with Crippen LogP contribution in [-0.4, -0.2) is 15.5 Å². The Hall–Kier alpha value is -2.92. The van der Waals surface area contributed by atoms with E-state index in [0.29, 0.717) is 22.9 Å². The molecule has 0 aliphatic rings. The molecule has 2 aromatic heterocycles. The Morgan fingerprint density at radius 1 is 1.16 bits per heavy atom. The molecule has 1 N–H and O–H groups in total. The van der Waals surface area contributed by atoms with E-state index >= 15 is 0 Å². The van der Waals surface area contributed by atoms with Crippen LogP contribution in [0.3, 0.4) is 0 Å². The normalized spacial score (nSPS) is 10.5. The van der Waals surface area contributed by atoms with Gasteiger partial charge in [-0.3, -0.25) is 9.59 Å². The predicted molar refractivity (Wildman–Crippen MR) is 98.2 cm³/mol. The summed E-state index contributed by atoms with van der Waals surface area (Å²) in [6.07, 6.45) is 3.18. The molecule has 1 amide bonds. The Kier molecular flexibility index (Phi) is 4.95. The molecule has 0 spiro atoms. The molecular formula is C19H16ClN3O2. The van der Waals surface area contributed by atoms with Crippen LogP contribution >= 0.6 is 11.6 Å². The molecule has 0 unspecified atom stereocenters. The van der Waals surface area contributed by atoms with Crippen molar-refractivity contribution < 1.29 is 4.79 Å². The number of rotatable bonds is 4. The van der Waals surface area contributed by atoms with Crippen molar-refractivity contribution in [1.82, 2.24) is 9.55 Å². The van der Waals surface area contributed by atoms with Crippen LogP contribution in [0.25, 0.3) is 0 Å². The summed E-state index contributed by atoms with van der Waals surface area (Å²) in [5.74, 6) is 0.156. The number of amides is 1. The highest BCUT2D eigenvalue weighted by Crippen LogP contribution is 2.11. The summed E-state index contributed by atoms with van der Waals surface area (Å²) >= 11 is 5.87. The van der Waals surface area contributed by atoms with Gasteiger partial charge in [-0.05, 0) is 48.4 Å². The minimum Gasteiger partial charge on any atom is -0.310 e. The first-order valence-electron chi connectivity index (χ1n) is 7.70. The third-order valence-corrected chi connectivity index (χ3v) is 3.92. The van der Waals surface area contributed by atoms with Crippen LogP contribution in [0.4, 0.5) is 5.82 Å². The van der Waals surface area contributed by atoms with Crippen LogP contribution in [0.15, 0.2) is 65.7 Å². The van der Waals surface area contributed by atoms with Crippen LogP contribution in [0.5, 0.6) is 0 Å². The number of benzene rings is 1. The Bertz CT molecular complexity index is 965. The highest BCUT2D eigenvalue weighted by atomic mass is 35.5. The second-order valence-corrected chi connectivity index (χ2v) is 6.12. The van der Waals surface area contributed by atoms with Crippen LogP contribution < -0.4 is 10.9 Å². The Balaban J connectivity index is 1.82. The summed E-state index contributed by atoms with van der Waals surface area (Å²) in [5.41, 5.74) is 2.12. The lowest BCUT2D eigenvalue weighted by Crippen LogP contribution is -2.22. The van der Waals surface area contributed by atoms with Gasteiger partial charge in [0.1, 0.15) is 5.82 Å². The minimum atomic E-state index is -0.317. The lowest BCUT2D eigenvalue weighted by Gasteiger charge is -2.09. The van der Waals surface area contributed by atoms with Crippen LogP contribution in [-0.2, 0) is 6.54 Å². The van der Waals surface area contributed by atoms with Gasteiger partial charge in [-0.25, -0.2) is 4.98 Å². The topological polar surface area (TPSA) is 64.0 Å². The fourth-order valence-corrected chi connectivity index (χ4v) is 2.49. The zero-order chi connectivity index (χ0) is 17.8. The fraction of sp³-hybridized carbons (Fsp3) is 0.105. The molecule has 5 nitrogen and oxygen atoms in total. The Labute approximate surface area is 149 Å². The van der Waals surface area contributed by atoms with Crippen molar-refractivity contribution in [3.63, 3.8) is 0 Å². The number of nitrogens with zero attached hydrogens (tertiary/aromatic N) is 2. The average Bonchev–Trinajstić information content (AvgIpc) is 2.59. The fourth-order valence-electron chi connectivity index (χ4n) is 2.37. The highest BCUT2D eigenvalue weighted by molar-refractivity contribution is 6.30. The van der Waals surface area contributed by atoms with Gasteiger partial charge in [0.05, 0.1) is 12.1 Å². The molecule has 0 aliphatic carbocycles. The number of carbonyl (C=O) groups excluding carboxylic acids is 1. The number of nitrogens with one attached hydrogen (secondary N) is 1. The van der Waals surface area contributed by atoms with Gasteiger partial charge in [-0.1, -0.05) is 23.7 Å². The van der Waals surface area contributed by atoms with Crippen molar-refractivity contribution in [3.05, 3.63) is 93.0 Å². The van der Waals surface area contributed by atoms with Gasteiger partial charge in [-0.2, -0.15) is 0 Å². The molecule has 0 atom stereocenters. The molecule has 0 fully saturated rings. The van der Waals surface area contributed by atoms with Crippen molar-refractivity contribution in [2.24, 2.45) is 0 Å². The van der Waals surface area contributed by atoms with E-state index in [1.165, 1.54) is 16.7 Å². The zero-order valence-corrected chi connectivity index (χ0v) is 14.3. The molecular weight excluding hydrogens is 338 g/mol. The monoisotopic (exact) mass is 353 g/mol. The van der Waals surface area contributed by atoms with Gasteiger partial charge < -0.3 is 9.88 Å². The summed E-state index contributed by atoms with van der Waals surface area (Å²) in [4.78, 5) is 28.6. The van der Waals surface area contributed by atoms with Gasteiger partial charge in [0, 0.05) is 23.5 Å². The van der Waals surface area contributed by atoms with E-state index in [2.05, 4.69) is 10.3 Å². The molecule has 25 heavy (non-hydrogen) atoms. The number of halogens is 1. The molecule has 126 valence electrons. The predicted octanol–water partition coefficient (Wildman–Crippen LogP) is 3.51. The number of anilines is 1. The zero-order valence-electron chi connectivity index (χ0n) is 13.6. The number of aromatic nitrogens is 2. The number of hydrogen-bond donors (Lipinski definition) is 1. The molecule has 3 aromatic rings. The quantitative estimate of drug-likeness (QED) is 0.780. The number of carbonyl (C=O) groups is 1. The van der Waals surface area contributed by atoms with Crippen molar-refractivity contribution in [2.45, 2.75) is 13.5 Å². The van der Waals surface area contributed by atoms with Crippen molar-refractivity contribution in [1.29, 1.82) is 0 Å². The molecule has 1 aromatic carbocycles. The third kappa shape index (κ3) is 4.33. The van der Waals surface area contributed by atoms with E-state index in [9.17, 15) is 9.59 Å². The van der Waals surface area contributed by atoms with Crippen LogP contribution in [0.1, 0.15) is 21.5 Å². The molecule has 0 aliphatic heterocycles. The second kappa shape index (κ2) is 7.32. The molecule has 6 heteroatoms. The van der Waals surface area contributed by atoms with Gasteiger partial charge in [-0.15, -0.1) is 0 Å². The SMILES string of the molecule is Cc1ccnc(NC(=O)c2ccc(=O)n(Cc3ccc(Cl)cc3)c2)c1. The average molecular weight is 354 g/mol. The highest BCUT2D eigenvalue weighted by Gasteiger charge is 2.09. The Morgan fingerprint density at radius 3 is 2.64 bits per heavy atom. The van der Waals surface area contributed by atoms with E-state index in [0.717, 1.165) is 11.1 Å². The molecule has 0 bridgehead atoms.